The first-order valence-corrected chi connectivity index (χ1v) is 10.9. The van der Waals surface area contributed by atoms with Gasteiger partial charge in [-0.3, -0.25) is 14.4 Å². The van der Waals surface area contributed by atoms with E-state index in [0.29, 0.717) is 12.7 Å². The molecule has 0 saturated carbocycles. The van der Waals surface area contributed by atoms with Crippen LogP contribution in [-0.2, 0) is 17.8 Å². The number of nitrogens with one attached hydrogen (secondary N) is 1. The van der Waals surface area contributed by atoms with Gasteiger partial charge in [-0.1, -0.05) is 32.3 Å². The third-order valence-corrected chi connectivity index (χ3v) is 6.07. The lowest BCUT2D eigenvalue weighted by Crippen LogP contribution is -2.49. The molecule has 2 atom stereocenters. The second-order valence-electron chi connectivity index (χ2n) is 8.29. The Morgan fingerprint density at radius 2 is 2.06 bits per heavy atom. The smallest absolute Gasteiger partial charge is 0.276 e. The normalized spacial score (nSPS) is 19.4. The molecule has 2 aliphatic rings. The van der Waals surface area contributed by atoms with Gasteiger partial charge < -0.3 is 24.6 Å². The number of rotatable bonds is 7. The van der Waals surface area contributed by atoms with Crippen LogP contribution in [0.2, 0.25) is 0 Å². The van der Waals surface area contributed by atoms with E-state index in [1.807, 2.05) is 0 Å². The number of hydrogen-bond acceptors (Lipinski definition) is 5. The number of halogens is 2. The van der Waals surface area contributed by atoms with Crippen molar-refractivity contribution in [3.63, 3.8) is 0 Å². The average molecular weight is 461 g/mol. The van der Waals surface area contributed by atoms with Gasteiger partial charge in [0.05, 0.1) is 19.2 Å². The summed E-state index contributed by atoms with van der Waals surface area (Å²) >= 11 is 0. The van der Waals surface area contributed by atoms with Crippen molar-refractivity contribution in [1.82, 2.24) is 14.8 Å². The van der Waals surface area contributed by atoms with E-state index in [4.69, 9.17) is 4.74 Å². The first-order chi connectivity index (χ1) is 15.8. The maximum atomic E-state index is 13.8. The third-order valence-electron chi connectivity index (χ3n) is 6.07. The number of benzene rings is 1. The Labute approximate surface area is 188 Å². The summed E-state index contributed by atoms with van der Waals surface area (Å²) in [5, 5.41) is 12.9. The van der Waals surface area contributed by atoms with Crippen molar-refractivity contribution in [2.75, 3.05) is 6.61 Å². The molecule has 0 bridgehead atoms. The molecule has 8 nitrogen and oxygen atoms in total. The zero-order valence-corrected chi connectivity index (χ0v) is 18.1. The number of pyridine rings is 1. The molecule has 2 amide bonds. The minimum absolute atomic E-state index is 0.0336. The minimum Gasteiger partial charge on any atom is -0.503 e. The first-order valence-electron chi connectivity index (χ1n) is 10.9. The molecule has 1 aromatic carbocycles. The maximum absolute atomic E-state index is 13.8. The Kier molecular flexibility index (Phi) is 6.46. The van der Waals surface area contributed by atoms with Crippen LogP contribution in [0.1, 0.15) is 59.0 Å². The number of aromatic hydroxyl groups is 1. The SMILES string of the molecule is CCCCC[C@@H]1COC2Cn3cc(C(=O)NCc4ccc(F)cc4F)c(=O)c(O)c3C(=O)N21. The number of unbranched alkanes of at least 4 members (excludes halogenated alkanes) is 2. The summed E-state index contributed by atoms with van der Waals surface area (Å²) in [5.74, 6) is -3.76. The van der Waals surface area contributed by atoms with E-state index in [1.165, 1.54) is 16.8 Å². The average Bonchev–Trinajstić information content (AvgIpc) is 3.18. The van der Waals surface area contributed by atoms with Crippen LogP contribution >= 0.6 is 0 Å². The van der Waals surface area contributed by atoms with E-state index in [0.717, 1.165) is 31.7 Å². The molecule has 4 rings (SSSR count). The van der Waals surface area contributed by atoms with Crippen LogP contribution in [0, 0.1) is 11.6 Å². The molecule has 1 saturated heterocycles. The second-order valence-corrected chi connectivity index (χ2v) is 8.29. The van der Waals surface area contributed by atoms with Gasteiger partial charge in [0.25, 0.3) is 11.8 Å². The van der Waals surface area contributed by atoms with Gasteiger partial charge in [-0.25, -0.2) is 8.78 Å². The van der Waals surface area contributed by atoms with Crippen molar-refractivity contribution >= 4 is 11.8 Å². The number of fused-ring (bicyclic) bond motifs is 2. The van der Waals surface area contributed by atoms with Crippen LogP contribution in [0.15, 0.2) is 29.2 Å². The van der Waals surface area contributed by atoms with E-state index in [2.05, 4.69) is 12.2 Å². The number of hydrogen-bond donors (Lipinski definition) is 2. The highest BCUT2D eigenvalue weighted by molar-refractivity contribution is 5.99. The van der Waals surface area contributed by atoms with Gasteiger partial charge in [0.15, 0.2) is 17.7 Å². The monoisotopic (exact) mass is 461 g/mol. The molecular formula is C23H25F2N3O5. The summed E-state index contributed by atoms with van der Waals surface area (Å²) in [5.41, 5.74) is -1.53. The van der Waals surface area contributed by atoms with Crippen molar-refractivity contribution < 1.29 is 28.2 Å². The first kappa shape index (κ1) is 22.9. The number of nitrogens with zero attached hydrogens (tertiary/aromatic N) is 2. The zero-order valence-electron chi connectivity index (χ0n) is 18.1. The topological polar surface area (TPSA) is 101 Å². The van der Waals surface area contributed by atoms with Crippen LogP contribution in [0.4, 0.5) is 8.78 Å². The van der Waals surface area contributed by atoms with E-state index in [9.17, 15) is 28.3 Å². The predicted molar refractivity (Wildman–Crippen MR) is 114 cm³/mol. The quantitative estimate of drug-likeness (QED) is 0.618. The van der Waals surface area contributed by atoms with Crippen molar-refractivity contribution in [3.05, 3.63) is 63.1 Å². The van der Waals surface area contributed by atoms with Crippen LogP contribution in [-0.4, -0.2) is 45.3 Å². The Balaban J connectivity index is 1.56. The highest BCUT2D eigenvalue weighted by atomic mass is 19.1. The fourth-order valence-electron chi connectivity index (χ4n) is 4.31. The molecule has 0 radical (unpaired) electrons. The molecular weight excluding hydrogens is 436 g/mol. The summed E-state index contributed by atoms with van der Waals surface area (Å²) in [6.45, 7) is 2.33. The van der Waals surface area contributed by atoms with E-state index < -0.39 is 46.4 Å². The molecule has 10 heteroatoms. The lowest BCUT2D eigenvalue weighted by Gasteiger charge is -2.34. The van der Waals surface area contributed by atoms with Gasteiger partial charge in [-0.15, -0.1) is 0 Å². The van der Waals surface area contributed by atoms with E-state index in [-0.39, 0.29) is 30.4 Å². The molecule has 3 heterocycles. The Bertz CT molecular complexity index is 1150. The number of amides is 2. The molecule has 2 N–H and O–H groups in total. The van der Waals surface area contributed by atoms with E-state index >= 15 is 0 Å². The molecule has 176 valence electrons. The van der Waals surface area contributed by atoms with E-state index in [1.54, 1.807) is 4.90 Å². The fraction of sp³-hybridized carbons (Fsp3) is 0.435. The highest BCUT2D eigenvalue weighted by Crippen LogP contribution is 2.31. The molecule has 1 fully saturated rings. The van der Waals surface area contributed by atoms with Crippen LogP contribution in [0.3, 0.4) is 0 Å². The molecule has 33 heavy (non-hydrogen) atoms. The summed E-state index contributed by atoms with van der Waals surface area (Å²) in [7, 11) is 0. The zero-order chi connectivity index (χ0) is 23.7. The van der Waals surface area contributed by atoms with Gasteiger partial charge in [-0.2, -0.15) is 0 Å². The summed E-state index contributed by atoms with van der Waals surface area (Å²) in [4.78, 5) is 40.0. The van der Waals surface area contributed by atoms with Gasteiger partial charge in [0.1, 0.15) is 17.2 Å². The lowest BCUT2D eigenvalue weighted by atomic mass is 10.1. The van der Waals surface area contributed by atoms with Crippen molar-refractivity contribution in [2.24, 2.45) is 0 Å². The fourth-order valence-corrected chi connectivity index (χ4v) is 4.31. The molecule has 0 aliphatic carbocycles. The largest absolute Gasteiger partial charge is 0.503 e. The third kappa shape index (κ3) is 4.35. The Hall–Kier alpha value is -3.27. The standard InChI is InChI=1S/C23H25F2N3O5/c1-2-3-4-5-15-12-33-18-11-27-10-16(20(29)21(30)19(27)23(32)28(15)18)22(31)26-9-13-6-7-14(24)8-17(13)25/h6-8,10,15,18,30H,2-5,9,11-12H2,1H3,(H,26,31)/t15-,18?/m1/s1. The van der Waals surface area contributed by atoms with Crippen molar-refractivity contribution in [3.8, 4) is 5.75 Å². The summed E-state index contributed by atoms with van der Waals surface area (Å²) in [6, 6.07) is 2.80. The van der Waals surface area contributed by atoms with Gasteiger partial charge in [0.2, 0.25) is 5.43 Å². The van der Waals surface area contributed by atoms with Gasteiger partial charge >= 0.3 is 0 Å². The molecule has 2 aromatic rings. The summed E-state index contributed by atoms with van der Waals surface area (Å²) < 4.78 is 34.0. The predicted octanol–water partition coefficient (Wildman–Crippen LogP) is 2.52. The van der Waals surface area contributed by atoms with Crippen molar-refractivity contribution in [2.45, 2.75) is 58.0 Å². The Morgan fingerprint density at radius 1 is 1.27 bits per heavy atom. The number of aromatic nitrogens is 1. The molecule has 2 aliphatic heterocycles. The van der Waals surface area contributed by atoms with Crippen molar-refractivity contribution in [1.29, 1.82) is 0 Å². The number of carbonyl (C=O) groups excluding carboxylic acids is 2. The molecule has 1 unspecified atom stereocenters. The van der Waals surface area contributed by atoms with Gasteiger partial charge in [0, 0.05) is 24.4 Å². The molecule has 1 aromatic heterocycles. The summed E-state index contributed by atoms with van der Waals surface area (Å²) in [6.07, 6.45) is 4.43. The highest BCUT2D eigenvalue weighted by Gasteiger charge is 2.44. The van der Waals surface area contributed by atoms with Gasteiger partial charge in [-0.05, 0) is 12.5 Å². The van der Waals surface area contributed by atoms with Crippen LogP contribution in [0.25, 0.3) is 0 Å². The lowest BCUT2D eigenvalue weighted by molar-refractivity contribution is 0.00544. The number of ether oxygens (including phenoxy) is 1. The molecule has 0 spiro atoms. The minimum atomic E-state index is -0.993. The number of carbonyl (C=O) groups is 2. The van der Waals surface area contributed by atoms with Crippen LogP contribution in [0.5, 0.6) is 5.75 Å². The maximum Gasteiger partial charge on any atom is 0.276 e. The Morgan fingerprint density at radius 3 is 2.79 bits per heavy atom. The van der Waals surface area contributed by atoms with Crippen LogP contribution < -0.4 is 10.7 Å². The second kappa shape index (κ2) is 9.30.